The normalized spacial score (nSPS) is 19.2. The fraction of sp³-hybridized carbons (Fsp3) is 0.533. The van der Waals surface area contributed by atoms with E-state index in [0.29, 0.717) is 0 Å². The summed E-state index contributed by atoms with van der Waals surface area (Å²) in [5.74, 6) is 1.89. The topological polar surface area (TPSA) is 46.1 Å². The number of methoxy groups -OCH3 is 1. The molecule has 2 aliphatic rings. The summed E-state index contributed by atoms with van der Waals surface area (Å²) < 4.78 is 11.0. The summed E-state index contributed by atoms with van der Waals surface area (Å²) in [6, 6.07) is 6.15. The molecule has 0 saturated carbocycles. The molecule has 5 heteroatoms. The molecule has 20 heavy (non-hydrogen) atoms. The number of ether oxygens (including phenoxy) is 2. The number of morpholine rings is 1. The maximum absolute atomic E-state index is 5.56. The summed E-state index contributed by atoms with van der Waals surface area (Å²) in [6.07, 6.45) is 1.10. The van der Waals surface area contributed by atoms with Crippen molar-refractivity contribution in [2.45, 2.75) is 6.42 Å². The quantitative estimate of drug-likeness (QED) is 0.902. The molecule has 2 aliphatic heterocycles. The molecule has 1 saturated heterocycles. The highest BCUT2D eigenvalue weighted by atomic mass is 16.5. The Bertz CT molecular complexity index is 496. The lowest BCUT2D eigenvalue weighted by atomic mass is 10.1. The number of para-hydroxylation sites is 1. The van der Waals surface area contributed by atoms with Crippen LogP contribution in [-0.4, -0.2) is 52.3 Å². The van der Waals surface area contributed by atoms with E-state index in [-0.39, 0.29) is 0 Å². The number of amidine groups is 1. The van der Waals surface area contributed by atoms with E-state index in [1.165, 1.54) is 0 Å². The molecule has 1 fully saturated rings. The van der Waals surface area contributed by atoms with Gasteiger partial charge in [0, 0.05) is 31.7 Å². The molecule has 3 rings (SSSR count). The Balaban J connectivity index is 2.01. The van der Waals surface area contributed by atoms with Crippen LogP contribution in [0.4, 0.5) is 5.69 Å². The molecule has 5 nitrogen and oxygen atoms in total. The minimum absolute atomic E-state index is 0.761. The number of hydrogen-bond acceptors (Lipinski definition) is 5. The second kappa shape index (κ2) is 6.13. The first-order valence-corrected chi connectivity index (χ1v) is 7.18. The van der Waals surface area contributed by atoms with Gasteiger partial charge in [-0.05, 0) is 18.6 Å². The van der Waals surface area contributed by atoms with Crippen molar-refractivity contribution < 1.29 is 9.47 Å². The lowest BCUT2D eigenvalue weighted by molar-refractivity contribution is 0.122. The van der Waals surface area contributed by atoms with Gasteiger partial charge in [-0.1, -0.05) is 6.07 Å². The molecule has 0 unspecified atom stereocenters. The molecule has 1 N–H and O–H groups in total. The van der Waals surface area contributed by atoms with E-state index in [4.69, 9.17) is 9.47 Å². The number of rotatable bonds is 3. The summed E-state index contributed by atoms with van der Waals surface area (Å²) in [6.45, 7) is 5.18. The van der Waals surface area contributed by atoms with Crippen LogP contribution >= 0.6 is 0 Å². The van der Waals surface area contributed by atoms with Crippen LogP contribution in [0.15, 0.2) is 23.2 Å². The van der Waals surface area contributed by atoms with Crippen LogP contribution in [-0.2, 0) is 4.74 Å². The van der Waals surface area contributed by atoms with Gasteiger partial charge in [0.25, 0.3) is 0 Å². The van der Waals surface area contributed by atoms with E-state index >= 15 is 0 Å². The van der Waals surface area contributed by atoms with E-state index in [2.05, 4.69) is 21.3 Å². The van der Waals surface area contributed by atoms with Crippen molar-refractivity contribution in [3.05, 3.63) is 23.8 Å². The Morgan fingerprint density at radius 1 is 1.30 bits per heavy atom. The summed E-state index contributed by atoms with van der Waals surface area (Å²) in [5.41, 5.74) is 2.26. The average molecular weight is 275 g/mol. The largest absolute Gasteiger partial charge is 0.495 e. The highest BCUT2D eigenvalue weighted by Crippen LogP contribution is 2.33. The highest BCUT2D eigenvalue weighted by Gasteiger charge is 2.22. The molecule has 0 amide bonds. The SMILES string of the molecule is COc1cccc(C2=NCCCN2)c1N1CCOCC1. The number of anilines is 1. The van der Waals surface area contributed by atoms with Crippen molar-refractivity contribution >= 4 is 11.5 Å². The van der Waals surface area contributed by atoms with Crippen molar-refractivity contribution in [3.8, 4) is 5.75 Å². The smallest absolute Gasteiger partial charge is 0.142 e. The maximum Gasteiger partial charge on any atom is 0.142 e. The molecule has 0 aromatic heterocycles. The first kappa shape index (κ1) is 13.2. The minimum atomic E-state index is 0.761. The highest BCUT2D eigenvalue weighted by molar-refractivity contribution is 6.05. The van der Waals surface area contributed by atoms with Gasteiger partial charge in [0.05, 0.1) is 26.0 Å². The molecule has 0 bridgehead atoms. The standard InChI is InChI=1S/C15H21N3O2/c1-19-13-5-2-4-12(15-16-6-3-7-17-15)14(13)18-8-10-20-11-9-18/h2,4-5H,3,6-11H2,1H3,(H,16,17). The van der Waals surface area contributed by atoms with E-state index < -0.39 is 0 Å². The van der Waals surface area contributed by atoms with Crippen LogP contribution < -0.4 is 15.0 Å². The molecule has 0 aliphatic carbocycles. The van der Waals surface area contributed by atoms with Gasteiger partial charge >= 0.3 is 0 Å². The zero-order chi connectivity index (χ0) is 13.8. The fourth-order valence-electron chi connectivity index (χ4n) is 2.70. The van der Waals surface area contributed by atoms with Crippen LogP contribution in [0.5, 0.6) is 5.75 Å². The average Bonchev–Trinajstić information content (AvgIpc) is 2.55. The monoisotopic (exact) mass is 275 g/mol. The van der Waals surface area contributed by atoms with Crippen molar-refractivity contribution in [1.29, 1.82) is 0 Å². The van der Waals surface area contributed by atoms with Gasteiger partial charge in [0.15, 0.2) is 0 Å². The maximum atomic E-state index is 5.56. The third kappa shape index (κ3) is 2.58. The number of nitrogens with zero attached hydrogens (tertiary/aromatic N) is 2. The zero-order valence-corrected chi connectivity index (χ0v) is 11.9. The Labute approximate surface area is 119 Å². The lowest BCUT2D eigenvalue weighted by Crippen LogP contribution is -2.39. The molecule has 2 heterocycles. The first-order valence-electron chi connectivity index (χ1n) is 7.18. The van der Waals surface area contributed by atoms with Gasteiger partial charge in [-0.25, -0.2) is 0 Å². The van der Waals surface area contributed by atoms with Crippen molar-refractivity contribution in [1.82, 2.24) is 5.32 Å². The predicted octanol–water partition coefficient (Wildman–Crippen LogP) is 1.27. The van der Waals surface area contributed by atoms with Gasteiger partial charge in [-0.15, -0.1) is 0 Å². The van der Waals surface area contributed by atoms with E-state index in [1.807, 2.05) is 12.1 Å². The van der Waals surface area contributed by atoms with Crippen molar-refractivity contribution in [3.63, 3.8) is 0 Å². The molecule has 0 spiro atoms. The summed E-state index contributed by atoms with van der Waals surface area (Å²) in [4.78, 5) is 6.95. The van der Waals surface area contributed by atoms with Crippen molar-refractivity contribution in [2.75, 3.05) is 51.4 Å². The van der Waals surface area contributed by atoms with Gasteiger partial charge in [-0.2, -0.15) is 0 Å². The Kier molecular flexibility index (Phi) is 4.06. The van der Waals surface area contributed by atoms with Crippen LogP contribution in [0.1, 0.15) is 12.0 Å². The third-order valence-electron chi connectivity index (χ3n) is 3.70. The molecule has 1 aromatic carbocycles. The predicted molar refractivity (Wildman–Crippen MR) is 80.0 cm³/mol. The number of benzene rings is 1. The van der Waals surface area contributed by atoms with E-state index in [9.17, 15) is 0 Å². The van der Waals surface area contributed by atoms with Crippen LogP contribution in [0, 0.1) is 0 Å². The van der Waals surface area contributed by atoms with Crippen LogP contribution in [0.25, 0.3) is 0 Å². The van der Waals surface area contributed by atoms with Gasteiger partial charge in [-0.3, -0.25) is 4.99 Å². The fourth-order valence-corrected chi connectivity index (χ4v) is 2.70. The summed E-state index contributed by atoms with van der Waals surface area (Å²) in [5, 5.41) is 3.40. The van der Waals surface area contributed by atoms with Gasteiger partial charge in [0.1, 0.15) is 11.6 Å². The summed E-state index contributed by atoms with van der Waals surface area (Å²) >= 11 is 0. The number of aliphatic imine (C=N–C) groups is 1. The number of hydrogen-bond donors (Lipinski definition) is 1. The van der Waals surface area contributed by atoms with Gasteiger partial charge in [0.2, 0.25) is 0 Å². The molecular formula is C15H21N3O2. The Morgan fingerprint density at radius 2 is 2.15 bits per heavy atom. The zero-order valence-electron chi connectivity index (χ0n) is 11.9. The Morgan fingerprint density at radius 3 is 2.85 bits per heavy atom. The van der Waals surface area contributed by atoms with E-state index in [0.717, 1.165) is 68.6 Å². The molecular weight excluding hydrogens is 254 g/mol. The molecule has 108 valence electrons. The lowest BCUT2D eigenvalue weighted by Gasteiger charge is -2.32. The number of nitrogens with one attached hydrogen (secondary N) is 1. The minimum Gasteiger partial charge on any atom is -0.495 e. The second-order valence-electron chi connectivity index (χ2n) is 4.97. The molecule has 1 aromatic rings. The van der Waals surface area contributed by atoms with Crippen LogP contribution in [0.2, 0.25) is 0 Å². The van der Waals surface area contributed by atoms with E-state index in [1.54, 1.807) is 7.11 Å². The Hall–Kier alpha value is -1.75. The molecule has 0 atom stereocenters. The van der Waals surface area contributed by atoms with Gasteiger partial charge < -0.3 is 19.7 Å². The molecule has 0 radical (unpaired) electrons. The third-order valence-corrected chi connectivity index (χ3v) is 3.70. The van der Waals surface area contributed by atoms with Crippen molar-refractivity contribution in [2.24, 2.45) is 4.99 Å². The second-order valence-corrected chi connectivity index (χ2v) is 4.97. The first-order chi connectivity index (χ1) is 9.90. The summed E-state index contributed by atoms with van der Waals surface area (Å²) in [7, 11) is 1.72. The van der Waals surface area contributed by atoms with Crippen LogP contribution in [0.3, 0.4) is 0 Å².